The van der Waals surface area contributed by atoms with Crippen molar-refractivity contribution in [3.8, 4) is 0 Å². The van der Waals surface area contributed by atoms with Gasteiger partial charge in [0.05, 0.1) is 39.1 Å². The molecular weight excluding hydrogens is 798 g/mol. The Bertz CT molecular complexity index is 1260. The number of carbonyl (C=O) groups is 1. The molecule has 17 N–H and O–H groups in total. The number of amides is 1. The summed E-state index contributed by atoms with van der Waals surface area (Å²) >= 11 is 0. The van der Waals surface area contributed by atoms with Crippen molar-refractivity contribution in [1.82, 2.24) is 5.32 Å². The number of aliphatic hydroxyl groups excluding tert-OH is 16. The molecule has 340 valence electrons. The molecule has 4 fully saturated rings. The number of ether oxygens (including phenoxy) is 8. The van der Waals surface area contributed by atoms with Crippen molar-refractivity contribution in [1.29, 1.82) is 0 Å². The van der Waals surface area contributed by atoms with E-state index in [0.29, 0.717) is 0 Å². The van der Waals surface area contributed by atoms with E-state index >= 15 is 0 Å². The van der Waals surface area contributed by atoms with Gasteiger partial charge >= 0.3 is 0 Å². The van der Waals surface area contributed by atoms with Gasteiger partial charge in [0.15, 0.2) is 25.2 Å². The predicted molar refractivity (Wildman–Crippen MR) is 179 cm³/mol. The van der Waals surface area contributed by atoms with Crippen LogP contribution in [0.1, 0.15) is 13.8 Å². The Labute approximate surface area is 329 Å². The Morgan fingerprint density at radius 1 is 0.552 bits per heavy atom. The van der Waals surface area contributed by atoms with E-state index in [4.69, 9.17) is 37.9 Å². The molecule has 4 heterocycles. The highest BCUT2D eigenvalue weighted by Crippen LogP contribution is 2.36. The maximum Gasteiger partial charge on any atom is 0.217 e. The Morgan fingerprint density at radius 2 is 1.03 bits per heavy atom. The Kier molecular flexibility index (Phi) is 18.3. The van der Waals surface area contributed by atoms with Crippen molar-refractivity contribution in [3.63, 3.8) is 0 Å². The lowest BCUT2D eigenvalue weighted by molar-refractivity contribution is -0.388. The van der Waals surface area contributed by atoms with Crippen LogP contribution in [0.25, 0.3) is 0 Å². The molecule has 0 bridgehead atoms. The zero-order valence-electron chi connectivity index (χ0n) is 31.2. The molecule has 4 aliphatic rings. The second-order valence-electron chi connectivity index (χ2n) is 14.4. The molecule has 4 saturated heterocycles. The fourth-order valence-electron chi connectivity index (χ4n) is 6.96. The summed E-state index contributed by atoms with van der Waals surface area (Å²) in [7, 11) is 0. The zero-order chi connectivity index (χ0) is 43.3. The summed E-state index contributed by atoms with van der Waals surface area (Å²) in [5, 5.41) is 168. The smallest absolute Gasteiger partial charge is 0.217 e. The van der Waals surface area contributed by atoms with Gasteiger partial charge in [-0.05, 0) is 6.92 Å². The lowest BCUT2D eigenvalue weighted by Gasteiger charge is -2.51. The minimum Gasteiger partial charge on any atom is -0.394 e. The molecule has 0 unspecified atom stereocenters. The van der Waals surface area contributed by atoms with Gasteiger partial charge in [-0.1, -0.05) is 0 Å². The largest absolute Gasteiger partial charge is 0.394 e. The first-order valence-corrected chi connectivity index (χ1v) is 18.4. The van der Waals surface area contributed by atoms with Gasteiger partial charge in [-0.15, -0.1) is 0 Å². The van der Waals surface area contributed by atoms with Crippen LogP contribution in [-0.2, 0) is 42.7 Å². The molecule has 4 rings (SSSR count). The molecule has 0 radical (unpaired) electrons. The van der Waals surface area contributed by atoms with E-state index in [9.17, 15) is 86.5 Å². The maximum absolute atomic E-state index is 12.7. The van der Waals surface area contributed by atoms with Gasteiger partial charge in [-0.25, -0.2) is 0 Å². The van der Waals surface area contributed by atoms with Crippen LogP contribution in [0.15, 0.2) is 0 Å². The van der Waals surface area contributed by atoms with Crippen LogP contribution < -0.4 is 5.32 Å². The average Bonchev–Trinajstić information content (AvgIpc) is 3.20. The Balaban J connectivity index is 1.74. The SMILES string of the molecule is CC(=O)N[C@H]1[C@H](O[C@H]2[C@@H](O)[C@@H](CO)O[C@@H](O[C@@H]([C@H](O)[C@@H](O)CO)[C@H](O)CO)[C@@H]2O)O[C@H](CO)[C@@H](O[C@@H]2O[C@H](CO)[C@H](O)[C@H](O)[C@H]2O)[C@@H]1O[C@H]1O[C@H](C)[C@H](O)[C@H](O)[C@H]1O. The number of hydrogen-bond acceptors (Lipinski definition) is 25. The molecule has 26 nitrogen and oxygen atoms in total. The molecule has 0 aromatic rings. The summed E-state index contributed by atoms with van der Waals surface area (Å²) in [6.07, 6.45) is -43.1. The first-order chi connectivity index (χ1) is 27.3. The minimum atomic E-state index is -2.19. The molecular formula is C32H57NO25. The van der Waals surface area contributed by atoms with Crippen LogP contribution in [0.5, 0.6) is 0 Å². The van der Waals surface area contributed by atoms with Crippen LogP contribution in [-0.4, -0.2) is 268 Å². The van der Waals surface area contributed by atoms with E-state index < -0.39 is 186 Å². The first kappa shape index (κ1) is 49.2. The Morgan fingerprint density at radius 3 is 1.59 bits per heavy atom. The van der Waals surface area contributed by atoms with Gasteiger partial charge in [-0.2, -0.15) is 0 Å². The van der Waals surface area contributed by atoms with Gasteiger partial charge in [0, 0.05) is 6.92 Å². The van der Waals surface area contributed by atoms with Gasteiger partial charge < -0.3 is 125 Å². The van der Waals surface area contributed by atoms with E-state index in [1.807, 2.05) is 0 Å². The zero-order valence-corrected chi connectivity index (χ0v) is 31.2. The van der Waals surface area contributed by atoms with Crippen molar-refractivity contribution in [2.24, 2.45) is 0 Å². The molecule has 0 saturated carbocycles. The summed E-state index contributed by atoms with van der Waals surface area (Å²) in [5.74, 6) is -0.849. The molecule has 24 atom stereocenters. The fraction of sp³-hybridized carbons (Fsp3) is 0.969. The Hall–Kier alpha value is -1.49. The number of carbonyl (C=O) groups excluding carboxylic acids is 1. The van der Waals surface area contributed by atoms with Crippen LogP contribution in [0, 0.1) is 0 Å². The van der Waals surface area contributed by atoms with Crippen molar-refractivity contribution in [2.75, 3.05) is 33.0 Å². The lowest BCUT2D eigenvalue weighted by atomic mass is 9.93. The molecule has 0 aromatic heterocycles. The monoisotopic (exact) mass is 855 g/mol. The second kappa shape index (κ2) is 21.5. The molecule has 58 heavy (non-hydrogen) atoms. The quantitative estimate of drug-likeness (QED) is 0.0646. The summed E-state index contributed by atoms with van der Waals surface area (Å²) in [4.78, 5) is 12.7. The fourth-order valence-corrected chi connectivity index (χ4v) is 6.96. The molecule has 0 aromatic carbocycles. The summed E-state index contributed by atoms with van der Waals surface area (Å²) in [6.45, 7) is -2.70. The molecule has 0 aliphatic carbocycles. The number of nitrogens with one attached hydrogen (secondary N) is 1. The second-order valence-corrected chi connectivity index (χ2v) is 14.4. The summed E-state index contributed by atoms with van der Waals surface area (Å²) in [6, 6.07) is -1.76. The van der Waals surface area contributed by atoms with Gasteiger partial charge in [0.2, 0.25) is 5.91 Å². The van der Waals surface area contributed by atoms with Crippen LogP contribution in [0.2, 0.25) is 0 Å². The highest BCUT2D eigenvalue weighted by molar-refractivity contribution is 5.73. The third kappa shape index (κ3) is 10.7. The van der Waals surface area contributed by atoms with Gasteiger partial charge in [0.25, 0.3) is 0 Å². The van der Waals surface area contributed by atoms with Crippen molar-refractivity contribution < 1.29 is 124 Å². The molecule has 0 spiro atoms. The van der Waals surface area contributed by atoms with E-state index in [1.165, 1.54) is 6.92 Å². The minimum absolute atomic E-state index is 0.849. The predicted octanol–water partition coefficient (Wildman–Crippen LogP) is -11.1. The van der Waals surface area contributed by atoms with Crippen LogP contribution in [0.4, 0.5) is 0 Å². The van der Waals surface area contributed by atoms with Gasteiger partial charge in [-0.3, -0.25) is 4.79 Å². The van der Waals surface area contributed by atoms with E-state index in [1.54, 1.807) is 0 Å². The first-order valence-electron chi connectivity index (χ1n) is 18.4. The van der Waals surface area contributed by atoms with E-state index in [0.717, 1.165) is 6.92 Å². The number of rotatable bonds is 17. The standard InChI is InChI=1S/C32H57NO25/c1-8-16(42)20(46)22(48)30(51-8)57-27-15(33-9(2)39)29(54-14(7-38)26(27)56-31-23(49)21(47)18(44)12(5-36)52-31)58-28-19(45)13(6-37)53-32(24(28)50)55-25(11(41)4-35)17(43)10(40)3-34/h8,10-32,34-38,40-50H,3-7H2,1-2H3,(H,33,39)/t8-,10+,11-,12-,13-,14-,15-,16+,17-,18+,19+,20+,21+,22-,23-,24-,25-,26-,27-,28+,29+,30-,31+,32+/m1/s1. The van der Waals surface area contributed by atoms with Crippen LogP contribution >= 0.6 is 0 Å². The summed E-state index contributed by atoms with van der Waals surface area (Å²) in [5.41, 5.74) is 0. The third-order valence-corrected chi connectivity index (χ3v) is 10.3. The normalized spacial score (nSPS) is 45.9. The highest BCUT2D eigenvalue weighted by Gasteiger charge is 2.57. The third-order valence-electron chi connectivity index (χ3n) is 10.3. The molecule has 4 aliphatic heterocycles. The molecule has 1 amide bonds. The van der Waals surface area contributed by atoms with Crippen molar-refractivity contribution in [3.05, 3.63) is 0 Å². The number of hydrogen-bond donors (Lipinski definition) is 17. The van der Waals surface area contributed by atoms with Crippen molar-refractivity contribution in [2.45, 2.75) is 161 Å². The van der Waals surface area contributed by atoms with Crippen LogP contribution in [0.3, 0.4) is 0 Å². The molecule has 26 heteroatoms. The topological polar surface area (TPSA) is 427 Å². The summed E-state index contributed by atoms with van der Waals surface area (Å²) < 4.78 is 45.9. The van der Waals surface area contributed by atoms with Crippen molar-refractivity contribution >= 4 is 5.91 Å². The lowest BCUT2D eigenvalue weighted by Crippen LogP contribution is -2.71. The average molecular weight is 856 g/mol. The highest BCUT2D eigenvalue weighted by atomic mass is 16.8. The maximum atomic E-state index is 12.7. The number of aliphatic hydroxyl groups is 16. The van der Waals surface area contributed by atoms with Gasteiger partial charge in [0.1, 0.15) is 116 Å². The van der Waals surface area contributed by atoms with E-state index in [2.05, 4.69) is 5.32 Å². The van der Waals surface area contributed by atoms with E-state index in [-0.39, 0.29) is 0 Å².